The second kappa shape index (κ2) is 4.74. The molecule has 1 heterocycles. The van der Waals surface area contributed by atoms with Crippen molar-refractivity contribution in [2.24, 2.45) is 5.73 Å². The van der Waals surface area contributed by atoms with Crippen molar-refractivity contribution >= 4 is 17.1 Å². The molecule has 2 rings (SSSR count). The lowest BCUT2D eigenvalue weighted by atomic mass is 9.91. The molecule has 1 aliphatic rings. The molecule has 0 aromatic carbocycles. The number of ketones is 1. The summed E-state index contributed by atoms with van der Waals surface area (Å²) < 4.78 is 0. The highest BCUT2D eigenvalue weighted by atomic mass is 32.1. The summed E-state index contributed by atoms with van der Waals surface area (Å²) in [6, 6.07) is 0. The highest BCUT2D eigenvalue weighted by Crippen LogP contribution is 2.30. The predicted octanol–water partition coefficient (Wildman–Crippen LogP) is 2.82. The second-order valence-electron chi connectivity index (χ2n) is 6.34. The summed E-state index contributed by atoms with van der Waals surface area (Å²) in [4.78, 5) is 16.8. The van der Waals surface area contributed by atoms with Gasteiger partial charge in [0.1, 0.15) is 5.01 Å². The van der Waals surface area contributed by atoms with E-state index in [9.17, 15) is 4.79 Å². The Morgan fingerprint density at radius 1 is 1.44 bits per heavy atom. The number of aromatic nitrogens is 1. The summed E-state index contributed by atoms with van der Waals surface area (Å²) in [5, 5.41) is 2.96. The van der Waals surface area contributed by atoms with E-state index in [0.717, 1.165) is 36.4 Å². The summed E-state index contributed by atoms with van der Waals surface area (Å²) in [6.07, 6.45) is 4.23. The molecule has 1 aliphatic carbocycles. The van der Waals surface area contributed by atoms with E-state index in [1.165, 1.54) is 0 Å². The van der Waals surface area contributed by atoms with E-state index in [2.05, 4.69) is 31.1 Å². The summed E-state index contributed by atoms with van der Waals surface area (Å²) in [5.41, 5.74) is 6.70. The molecule has 4 heteroatoms. The van der Waals surface area contributed by atoms with Gasteiger partial charge in [-0.3, -0.25) is 4.79 Å². The number of nitrogens with zero attached hydrogens (tertiary/aromatic N) is 1. The molecule has 0 spiro atoms. The van der Waals surface area contributed by atoms with Gasteiger partial charge < -0.3 is 5.73 Å². The van der Waals surface area contributed by atoms with E-state index in [0.29, 0.717) is 6.42 Å². The SMILES string of the molecule is CC(C)(C)c1csc(CC(=O)C2(N)CCCC2)n1. The Labute approximate surface area is 113 Å². The average molecular weight is 266 g/mol. The summed E-state index contributed by atoms with van der Waals surface area (Å²) in [5.74, 6) is 0.162. The third-order valence-electron chi connectivity index (χ3n) is 3.68. The van der Waals surface area contributed by atoms with Gasteiger partial charge >= 0.3 is 0 Å². The first kappa shape index (κ1) is 13.7. The molecule has 0 aliphatic heterocycles. The van der Waals surface area contributed by atoms with E-state index >= 15 is 0 Å². The molecule has 0 bridgehead atoms. The van der Waals surface area contributed by atoms with Crippen molar-refractivity contribution in [3.05, 3.63) is 16.1 Å². The minimum atomic E-state index is -0.576. The molecule has 100 valence electrons. The standard InChI is InChI=1S/C14H22N2OS/c1-13(2,3)10-9-18-12(16-10)8-11(17)14(15)6-4-5-7-14/h9H,4-8,15H2,1-3H3. The fourth-order valence-corrected chi connectivity index (χ4v) is 3.35. The van der Waals surface area contributed by atoms with Crippen LogP contribution in [-0.4, -0.2) is 16.3 Å². The van der Waals surface area contributed by atoms with Gasteiger partial charge in [-0.25, -0.2) is 4.98 Å². The predicted molar refractivity (Wildman–Crippen MR) is 74.9 cm³/mol. The smallest absolute Gasteiger partial charge is 0.159 e. The quantitative estimate of drug-likeness (QED) is 0.915. The minimum absolute atomic E-state index is 0.0472. The minimum Gasteiger partial charge on any atom is -0.319 e. The third-order valence-corrected chi connectivity index (χ3v) is 4.53. The molecule has 0 saturated heterocycles. The van der Waals surface area contributed by atoms with Gasteiger partial charge in [-0.1, -0.05) is 33.6 Å². The van der Waals surface area contributed by atoms with Crippen LogP contribution in [0.2, 0.25) is 0 Å². The van der Waals surface area contributed by atoms with E-state index in [1.54, 1.807) is 11.3 Å². The molecule has 0 unspecified atom stereocenters. The van der Waals surface area contributed by atoms with Gasteiger partial charge in [0.25, 0.3) is 0 Å². The molecular weight excluding hydrogens is 244 g/mol. The fraction of sp³-hybridized carbons (Fsp3) is 0.714. The van der Waals surface area contributed by atoms with Crippen LogP contribution >= 0.6 is 11.3 Å². The average Bonchev–Trinajstić information content (AvgIpc) is 2.86. The van der Waals surface area contributed by atoms with Gasteiger partial charge in [0, 0.05) is 10.8 Å². The van der Waals surface area contributed by atoms with Gasteiger partial charge in [-0.15, -0.1) is 11.3 Å². The lowest BCUT2D eigenvalue weighted by Gasteiger charge is -2.21. The van der Waals surface area contributed by atoms with Gasteiger partial charge in [0.15, 0.2) is 5.78 Å². The number of nitrogens with two attached hydrogens (primary N) is 1. The van der Waals surface area contributed by atoms with Crippen LogP contribution in [0.5, 0.6) is 0 Å². The molecule has 1 fully saturated rings. The number of carbonyl (C=O) groups is 1. The number of hydrogen-bond acceptors (Lipinski definition) is 4. The Hall–Kier alpha value is -0.740. The molecular formula is C14H22N2OS. The molecule has 2 N–H and O–H groups in total. The normalized spacial score (nSPS) is 19.1. The second-order valence-corrected chi connectivity index (χ2v) is 7.28. The van der Waals surface area contributed by atoms with Crippen molar-refractivity contribution in [1.82, 2.24) is 4.98 Å². The van der Waals surface area contributed by atoms with Gasteiger partial charge in [-0.2, -0.15) is 0 Å². The Balaban J connectivity index is 2.06. The van der Waals surface area contributed by atoms with Crippen LogP contribution in [0.15, 0.2) is 5.38 Å². The lowest BCUT2D eigenvalue weighted by molar-refractivity contribution is -0.123. The van der Waals surface area contributed by atoms with Gasteiger partial charge in [0.05, 0.1) is 17.7 Å². The molecule has 0 amide bonds. The van der Waals surface area contributed by atoms with Crippen LogP contribution in [0.3, 0.4) is 0 Å². The Morgan fingerprint density at radius 2 is 2.06 bits per heavy atom. The zero-order valence-electron chi connectivity index (χ0n) is 11.5. The first-order chi connectivity index (χ1) is 8.31. The molecule has 0 atom stereocenters. The molecule has 1 saturated carbocycles. The fourth-order valence-electron chi connectivity index (χ4n) is 2.33. The van der Waals surface area contributed by atoms with Crippen molar-refractivity contribution in [3.63, 3.8) is 0 Å². The maximum Gasteiger partial charge on any atom is 0.159 e. The molecule has 1 aromatic heterocycles. The van der Waals surface area contributed by atoms with Crippen LogP contribution in [0.25, 0.3) is 0 Å². The van der Waals surface area contributed by atoms with Crippen LogP contribution in [-0.2, 0) is 16.6 Å². The van der Waals surface area contributed by atoms with E-state index < -0.39 is 5.54 Å². The summed E-state index contributed by atoms with van der Waals surface area (Å²) in [6.45, 7) is 6.40. The number of thiazole rings is 1. The molecule has 0 radical (unpaired) electrons. The summed E-state index contributed by atoms with van der Waals surface area (Å²) in [7, 11) is 0. The zero-order chi connectivity index (χ0) is 13.4. The molecule has 1 aromatic rings. The largest absolute Gasteiger partial charge is 0.319 e. The van der Waals surface area contributed by atoms with Crippen molar-refractivity contribution in [3.8, 4) is 0 Å². The van der Waals surface area contributed by atoms with Gasteiger partial charge in [-0.05, 0) is 12.8 Å². The van der Waals surface area contributed by atoms with Crippen molar-refractivity contribution < 1.29 is 4.79 Å². The van der Waals surface area contributed by atoms with Gasteiger partial charge in [0.2, 0.25) is 0 Å². The van der Waals surface area contributed by atoms with Crippen LogP contribution in [0.4, 0.5) is 0 Å². The molecule has 18 heavy (non-hydrogen) atoms. The number of Topliss-reactive ketones (excluding diaryl/α,β-unsaturated/α-hetero) is 1. The lowest BCUT2D eigenvalue weighted by Crippen LogP contribution is -2.46. The van der Waals surface area contributed by atoms with Crippen molar-refractivity contribution in [2.45, 2.75) is 63.8 Å². The monoisotopic (exact) mass is 266 g/mol. The van der Waals surface area contributed by atoms with Crippen molar-refractivity contribution in [1.29, 1.82) is 0 Å². The number of carbonyl (C=O) groups excluding carboxylic acids is 1. The topological polar surface area (TPSA) is 56.0 Å². The first-order valence-electron chi connectivity index (χ1n) is 6.58. The Kier molecular flexibility index (Phi) is 3.60. The Bertz CT molecular complexity index is 439. The van der Waals surface area contributed by atoms with Crippen LogP contribution in [0, 0.1) is 0 Å². The number of rotatable bonds is 3. The zero-order valence-corrected chi connectivity index (χ0v) is 12.3. The van der Waals surface area contributed by atoms with Crippen LogP contribution < -0.4 is 5.73 Å². The first-order valence-corrected chi connectivity index (χ1v) is 7.46. The summed E-state index contributed by atoms with van der Waals surface area (Å²) >= 11 is 1.57. The Morgan fingerprint density at radius 3 is 2.56 bits per heavy atom. The van der Waals surface area contributed by atoms with Crippen LogP contribution in [0.1, 0.15) is 57.2 Å². The highest BCUT2D eigenvalue weighted by molar-refractivity contribution is 7.09. The maximum atomic E-state index is 12.2. The van der Waals surface area contributed by atoms with Crippen molar-refractivity contribution in [2.75, 3.05) is 0 Å². The van der Waals surface area contributed by atoms with E-state index in [4.69, 9.17) is 5.73 Å². The van der Waals surface area contributed by atoms with E-state index in [1.807, 2.05) is 0 Å². The van der Waals surface area contributed by atoms with E-state index in [-0.39, 0.29) is 11.2 Å². The highest BCUT2D eigenvalue weighted by Gasteiger charge is 2.36. The third kappa shape index (κ3) is 2.81. The number of hydrogen-bond donors (Lipinski definition) is 1. The molecule has 3 nitrogen and oxygen atoms in total. The maximum absolute atomic E-state index is 12.2.